The molecule has 1 saturated heterocycles. The second-order valence-corrected chi connectivity index (χ2v) is 5.10. The highest BCUT2D eigenvalue weighted by Crippen LogP contribution is 2.33. The lowest BCUT2D eigenvalue weighted by atomic mass is 10.0. The minimum atomic E-state index is 0.107. The Bertz CT molecular complexity index is 416. The predicted molar refractivity (Wildman–Crippen MR) is 68.6 cm³/mol. The van der Waals surface area contributed by atoms with E-state index in [4.69, 9.17) is 18.0 Å². The molecule has 1 aromatic heterocycles. The van der Waals surface area contributed by atoms with Crippen LogP contribution in [0.1, 0.15) is 32.4 Å². The van der Waals surface area contributed by atoms with Gasteiger partial charge in [0.25, 0.3) is 0 Å². The van der Waals surface area contributed by atoms with E-state index in [1.54, 1.807) is 12.4 Å². The number of aromatic nitrogens is 2. The first-order valence-corrected chi connectivity index (χ1v) is 5.81. The Morgan fingerprint density at radius 1 is 1.44 bits per heavy atom. The molecule has 1 fully saturated rings. The minimum Gasteiger partial charge on any atom is -0.388 e. The standard InChI is InChI=1S/C11H16N4S/c1-11(2)4-3-7-15(11)10-8(9(12)16)13-5-6-14-10/h5-6H,3-4,7H2,1-2H3,(H2,12,16). The summed E-state index contributed by atoms with van der Waals surface area (Å²) in [6.07, 6.45) is 5.63. The molecule has 0 aromatic carbocycles. The second kappa shape index (κ2) is 3.97. The van der Waals surface area contributed by atoms with Crippen molar-refractivity contribution in [3.8, 4) is 0 Å². The fourth-order valence-corrected chi connectivity index (χ4v) is 2.35. The predicted octanol–water partition coefficient (Wildman–Crippen LogP) is 1.49. The van der Waals surface area contributed by atoms with Gasteiger partial charge in [0.05, 0.1) is 0 Å². The molecule has 0 radical (unpaired) electrons. The first-order chi connectivity index (χ1) is 7.52. The third-order valence-electron chi connectivity index (χ3n) is 3.07. The van der Waals surface area contributed by atoms with E-state index in [1.165, 1.54) is 6.42 Å². The number of hydrogen-bond acceptors (Lipinski definition) is 4. The van der Waals surface area contributed by atoms with E-state index in [2.05, 4.69) is 28.7 Å². The van der Waals surface area contributed by atoms with Gasteiger partial charge in [0, 0.05) is 24.5 Å². The normalized spacial score (nSPS) is 18.8. The van der Waals surface area contributed by atoms with Crippen LogP contribution in [-0.2, 0) is 0 Å². The number of rotatable bonds is 2. The topological polar surface area (TPSA) is 55.0 Å². The van der Waals surface area contributed by atoms with Crippen LogP contribution in [0.2, 0.25) is 0 Å². The Balaban J connectivity index is 2.44. The average molecular weight is 236 g/mol. The molecule has 0 unspecified atom stereocenters. The van der Waals surface area contributed by atoms with E-state index in [-0.39, 0.29) is 5.54 Å². The summed E-state index contributed by atoms with van der Waals surface area (Å²) in [7, 11) is 0. The van der Waals surface area contributed by atoms with Crippen molar-refractivity contribution < 1.29 is 0 Å². The molecule has 0 bridgehead atoms. The summed E-state index contributed by atoms with van der Waals surface area (Å²) >= 11 is 5.01. The molecule has 2 heterocycles. The first-order valence-electron chi connectivity index (χ1n) is 5.41. The second-order valence-electron chi connectivity index (χ2n) is 4.66. The van der Waals surface area contributed by atoms with E-state index in [1.807, 2.05) is 0 Å². The highest BCUT2D eigenvalue weighted by molar-refractivity contribution is 7.80. The Morgan fingerprint density at radius 3 is 2.69 bits per heavy atom. The SMILES string of the molecule is CC1(C)CCCN1c1nccnc1C(N)=S. The molecule has 2 rings (SSSR count). The smallest absolute Gasteiger partial charge is 0.158 e. The van der Waals surface area contributed by atoms with Crippen molar-refractivity contribution >= 4 is 23.0 Å². The molecule has 1 aromatic rings. The molecule has 0 aliphatic carbocycles. The third-order valence-corrected chi connectivity index (χ3v) is 3.26. The van der Waals surface area contributed by atoms with Crippen molar-refractivity contribution in [2.75, 3.05) is 11.4 Å². The lowest BCUT2D eigenvalue weighted by Crippen LogP contribution is -2.40. The molecule has 2 N–H and O–H groups in total. The summed E-state index contributed by atoms with van der Waals surface area (Å²) in [5.41, 5.74) is 6.41. The van der Waals surface area contributed by atoms with E-state index < -0.39 is 0 Å². The number of nitrogens with zero attached hydrogens (tertiary/aromatic N) is 3. The molecule has 4 nitrogen and oxygen atoms in total. The Kier molecular flexibility index (Phi) is 2.80. The van der Waals surface area contributed by atoms with Gasteiger partial charge in [0.1, 0.15) is 10.7 Å². The van der Waals surface area contributed by atoms with Gasteiger partial charge in [0.15, 0.2) is 5.82 Å². The Hall–Kier alpha value is -1.23. The number of thiocarbonyl (C=S) groups is 1. The fraction of sp³-hybridized carbons (Fsp3) is 0.545. The molecule has 5 heteroatoms. The highest BCUT2D eigenvalue weighted by atomic mass is 32.1. The summed E-state index contributed by atoms with van der Waals surface area (Å²) in [6.45, 7) is 5.40. The molecular weight excluding hydrogens is 220 g/mol. The zero-order valence-electron chi connectivity index (χ0n) is 9.60. The largest absolute Gasteiger partial charge is 0.388 e. The van der Waals surface area contributed by atoms with Crippen molar-refractivity contribution in [1.82, 2.24) is 9.97 Å². The van der Waals surface area contributed by atoms with Crippen LogP contribution < -0.4 is 10.6 Å². The molecule has 0 atom stereocenters. The van der Waals surface area contributed by atoms with Crippen LogP contribution in [0.3, 0.4) is 0 Å². The van der Waals surface area contributed by atoms with Crippen LogP contribution in [0, 0.1) is 0 Å². The minimum absolute atomic E-state index is 0.107. The van der Waals surface area contributed by atoms with Crippen molar-refractivity contribution in [2.45, 2.75) is 32.2 Å². The molecule has 86 valence electrons. The maximum Gasteiger partial charge on any atom is 0.158 e. The molecule has 0 spiro atoms. The first kappa shape index (κ1) is 11.3. The lowest BCUT2D eigenvalue weighted by Gasteiger charge is -2.33. The number of nitrogens with two attached hydrogens (primary N) is 1. The highest BCUT2D eigenvalue weighted by Gasteiger charge is 2.34. The van der Waals surface area contributed by atoms with Crippen molar-refractivity contribution in [3.63, 3.8) is 0 Å². The van der Waals surface area contributed by atoms with Crippen LogP contribution in [0.25, 0.3) is 0 Å². The zero-order valence-corrected chi connectivity index (χ0v) is 10.4. The van der Waals surface area contributed by atoms with Gasteiger partial charge in [-0.05, 0) is 26.7 Å². The maximum absolute atomic E-state index is 5.67. The lowest BCUT2D eigenvalue weighted by molar-refractivity contribution is 0.513. The van der Waals surface area contributed by atoms with Crippen molar-refractivity contribution in [3.05, 3.63) is 18.1 Å². The van der Waals surface area contributed by atoms with Gasteiger partial charge in [-0.1, -0.05) is 12.2 Å². The van der Waals surface area contributed by atoms with E-state index in [0.29, 0.717) is 10.7 Å². The third kappa shape index (κ3) is 1.87. The zero-order chi connectivity index (χ0) is 11.8. The van der Waals surface area contributed by atoms with Gasteiger partial charge >= 0.3 is 0 Å². The van der Waals surface area contributed by atoms with Gasteiger partial charge in [-0.25, -0.2) is 9.97 Å². The summed E-state index contributed by atoms with van der Waals surface area (Å²) in [5, 5.41) is 0. The number of anilines is 1. The van der Waals surface area contributed by atoms with E-state index >= 15 is 0 Å². The summed E-state index contributed by atoms with van der Waals surface area (Å²) in [5.74, 6) is 0.817. The van der Waals surface area contributed by atoms with Gasteiger partial charge in [-0.3, -0.25) is 0 Å². The van der Waals surface area contributed by atoms with Crippen LogP contribution >= 0.6 is 12.2 Å². The maximum atomic E-state index is 5.67. The molecular formula is C11H16N4S. The Morgan fingerprint density at radius 2 is 2.12 bits per heavy atom. The van der Waals surface area contributed by atoms with Gasteiger partial charge in [-0.15, -0.1) is 0 Å². The number of hydrogen-bond donors (Lipinski definition) is 1. The quantitative estimate of drug-likeness (QED) is 0.788. The fourth-order valence-electron chi connectivity index (χ4n) is 2.20. The molecule has 0 saturated carbocycles. The Labute approximate surface area is 101 Å². The van der Waals surface area contributed by atoms with Crippen molar-refractivity contribution in [2.24, 2.45) is 5.73 Å². The van der Waals surface area contributed by atoms with Gasteiger partial charge < -0.3 is 10.6 Å². The summed E-state index contributed by atoms with van der Waals surface area (Å²) in [6, 6.07) is 0. The molecule has 16 heavy (non-hydrogen) atoms. The summed E-state index contributed by atoms with van der Waals surface area (Å²) < 4.78 is 0. The molecule has 1 aliphatic heterocycles. The van der Waals surface area contributed by atoms with Crippen LogP contribution in [0.15, 0.2) is 12.4 Å². The van der Waals surface area contributed by atoms with Gasteiger partial charge in [0.2, 0.25) is 0 Å². The van der Waals surface area contributed by atoms with Crippen LogP contribution in [0.5, 0.6) is 0 Å². The average Bonchev–Trinajstić information content (AvgIpc) is 2.58. The van der Waals surface area contributed by atoms with Gasteiger partial charge in [-0.2, -0.15) is 0 Å². The van der Waals surface area contributed by atoms with E-state index in [0.717, 1.165) is 18.8 Å². The van der Waals surface area contributed by atoms with Crippen LogP contribution in [-0.4, -0.2) is 27.0 Å². The summed E-state index contributed by atoms with van der Waals surface area (Å²) in [4.78, 5) is 11.1. The van der Waals surface area contributed by atoms with E-state index in [9.17, 15) is 0 Å². The monoisotopic (exact) mass is 236 g/mol. The van der Waals surface area contributed by atoms with Crippen LogP contribution in [0.4, 0.5) is 5.82 Å². The molecule has 0 amide bonds. The molecule has 1 aliphatic rings. The van der Waals surface area contributed by atoms with Crippen molar-refractivity contribution in [1.29, 1.82) is 0 Å².